The van der Waals surface area contributed by atoms with E-state index in [1.54, 1.807) is 17.9 Å². The van der Waals surface area contributed by atoms with Gasteiger partial charge in [-0.2, -0.15) is 4.98 Å². The molecule has 0 aliphatic rings. The van der Waals surface area contributed by atoms with Crippen LogP contribution in [0.25, 0.3) is 0 Å². The fourth-order valence-corrected chi connectivity index (χ4v) is 2.28. The zero-order valence-corrected chi connectivity index (χ0v) is 12.8. The van der Waals surface area contributed by atoms with Crippen molar-refractivity contribution in [1.29, 1.82) is 0 Å². The number of ether oxygens (including phenoxy) is 2. The molecule has 21 heavy (non-hydrogen) atoms. The molecule has 0 aliphatic carbocycles. The third-order valence-electron chi connectivity index (χ3n) is 2.54. The average Bonchev–Trinajstić information content (AvgIpc) is 2.45. The van der Waals surface area contributed by atoms with Gasteiger partial charge in [0, 0.05) is 32.5 Å². The van der Waals surface area contributed by atoms with Crippen LogP contribution in [0.1, 0.15) is 12.8 Å². The number of methoxy groups -OCH3 is 1. The number of thioether (sulfide) groups is 1. The number of hydrogen-bond acceptors (Lipinski definition) is 6. The normalized spacial score (nSPS) is 10.7. The van der Waals surface area contributed by atoms with E-state index in [1.807, 2.05) is 0 Å². The van der Waals surface area contributed by atoms with E-state index in [4.69, 9.17) is 14.6 Å². The van der Waals surface area contributed by atoms with E-state index in [-0.39, 0.29) is 11.3 Å². The summed E-state index contributed by atoms with van der Waals surface area (Å²) in [4.78, 5) is 25.7. The van der Waals surface area contributed by atoms with Gasteiger partial charge < -0.3 is 19.1 Å². The van der Waals surface area contributed by atoms with Crippen LogP contribution in [0, 0.1) is 0 Å². The van der Waals surface area contributed by atoms with Crippen LogP contribution < -0.4 is 5.56 Å². The van der Waals surface area contributed by atoms with Gasteiger partial charge in [-0.15, -0.1) is 0 Å². The highest BCUT2D eigenvalue weighted by Gasteiger charge is 2.06. The molecule has 1 aromatic rings. The number of rotatable bonds is 11. The maximum atomic E-state index is 11.2. The molecule has 0 saturated carbocycles. The Labute approximate surface area is 127 Å². The molecule has 0 aromatic carbocycles. The number of nitrogens with zero attached hydrogens (tertiary/aromatic N) is 2. The first-order chi connectivity index (χ1) is 10.1. The molecule has 0 amide bonds. The Hall–Kier alpha value is -1.38. The second-order valence-corrected chi connectivity index (χ2v) is 5.18. The van der Waals surface area contributed by atoms with Gasteiger partial charge in [0.1, 0.15) is 0 Å². The van der Waals surface area contributed by atoms with Crippen LogP contribution in [0.15, 0.2) is 22.2 Å². The molecule has 0 aliphatic heterocycles. The predicted molar refractivity (Wildman–Crippen MR) is 78.8 cm³/mol. The maximum Gasteiger partial charge on any atom is 0.313 e. The Bertz CT molecular complexity index is 492. The molecule has 0 atom stereocenters. The Morgan fingerprint density at radius 1 is 1.38 bits per heavy atom. The highest BCUT2D eigenvalue weighted by Crippen LogP contribution is 2.14. The molecule has 0 fully saturated rings. The van der Waals surface area contributed by atoms with E-state index >= 15 is 0 Å². The van der Waals surface area contributed by atoms with Gasteiger partial charge in [-0.3, -0.25) is 9.59 Å². The Morgan fingerprint density at radius 2 is 2.19 bits per heavy atom. The molecule has 1 N–H and O–H groups in total. The lowest BCUT2D eigenvalue weighted by atomic mass is 10.3. The van der Waals surface area contributed by atoms with Crippen LogP contribution in [0.3, 0.4) is 0 Å². The lowest BCUT2D eigenvalue weighted by Gasteiger charge is -2.10. The van der Waals surface area contributed by atoms with Crippen molar-refractivity contribution >= 4 is 17.7 Å². The first-order valence-corrected chi connectivity index (χ1v) is 7.61. The first-order valence-electron chi connectivity index (χ1n) is 6.62. The van der Waals surface area contributed by atoms with Crippen molar-refractivity contribution in [3.05, 3.63) is 22.6 Å². The summed E-state index contributed by atoms with van der Waals surface area (Å²) in [5.74, 6) is -1.05. The SMILES string of the molecule is COCCOCCCCn1ccc(=O)nc1SCC(=O)O. The number of hydrogen-bond donors (Lipinski definition) is 1. The minimum absolute atomic E-state index is 0.115. The number of carbonyl (C=O) groups is 1. The Morgan fingerprint density at radius 3 is 2.90 bits per heavy atom. The van der Waals surface area contributed by atoms with Crippen molar-refractivity contribution in [2.45, 2.75) is 24.5 Å². The number of carboxylic acid groups (broad SMARTS) is 1. The lowest BCUT2D eigenvalue weighted by molar-refractivity contribution is -0.133. The summed E-state index contributed by atoms with van der Waals surface area (Å²) in [7, 11) is 1.63. The molecule has 1 heterocycles. The summed E-state index contributed by atoms with van der Waals surface area (Å²) in [5, 5.41) is 9.12. The van der Waals surface area contributed by atoms with Gasteiger partial charge in [-0.05, 0) is 12.8 Å². The van der Waals surface area contributed by atoms with Crippen LogP contribution in [0.5, 0.6) is 0 Å². The summed E-state index contributed by atoms with van der Waals surface area (Å²) in [6, 6.07) is 1.37. The van der Waals surface area contributed by atoms with Crippen molar-refractivity contribution < 1.29 is 19.4 Å². The highest BCUT2D eigenvalue weighted by molar-refractivity contribution is 7.99. The molecular weight excluding hydrogens is 296 g/mol. The van der Waals surface area contributed by atoms with Gasteiger partial charge in [0.2, 0.25) is 0 Å². The standard InChI is InChI=1S/C13H20N2O5S/c1-19-8-9-20-7-3-2-5-15-6-4-11(16)14-13(15)21-10-12(17)18/h4,6H,2-3,5,7-10H2,1H3,(H,17,18). The van der Waals surface area contributed by atoms with Crippen molar-refractivity contribution in [3.63, 3.8) is 0 Å². The molecular formula is C13H20N2O5S. The predicted octanol–water partition coefficient (Wildman–Crippen LogP) is 0.863. The monoisotopic (exact) mass is 316 g/mol. The topological polar surface area (TPSA) is 90.7 Å². The van der Waals surface area contributed by atoms with Gasteiger partial charge >= 0.3 is 5.97 Å². The number of carboxylic acids is 1. The van der Waals surface area contributed by atoms with Crippen LogP contribution >= 0.6 is 11.8 Å². The van der Waals surface area contributed by atoms with Crippen LogP contribution in [-0.4, -0.2) is 53.3 Å². The molecule has 0 radical (unpaired) electrons. The van der Waals surface area contributed by atoms with E-state index < -0.39 is 5.97 Å². The average molecular weight is 316 g/mol. The van der Waals surface area contributed by atoms with Crippen LogP contribution in [-0.2, 0) is 20.8 Å². The van der Waals surface area contributed by atoms with Crippen molar-refractivity contribution in [3.8, 4) is 0 Å². The molecule has 118 valence electrons. The largest absolute Gasteiger partial charge is 0.481 e. The summed E-state index contributed by atoms with van der Waals surface area (Å²) >= 11 is 1.05. The number of aromatic nitrogens is 2. The smallest absolute Gasteiger partial charge is 0.313 e. The van der Waals surface area contributed by atoms with E-state index in [2.05, 4.69) is 4.98 Å². The summed E-state index contributed by atoms with van der Waals surface area (Å²) in [6.45, 7) is 2.48. The molecule has 0 bridgehead atoms. The second-order valence-electron chi connectivity index (χ2n) is 4.24. The van der Waals surface area contributed by atoms with E-state index in [1.165, 1.54) is 6.07 Å². The number of aryl methyl sites for hydroxylation is 1. The first kappa shape index (κ1) is 17.7. The van der Waals surface area contributed by atoms with Gasteiger partial charge in [0.15, 0.2) is 5.16 Å². The van der Waals surface area contributed by atoms with Gasteiger partial charge in [0.25, 0.3) is 5.56 Å². The molecule has 8 heteroatoms. The highest BCUT2D eigenvalue weighted by atomic mass is 32.2. The summed E-state index contributed by atoms with van der Waals surface area (Å²) < 4.78 is 12.0. The quantitative estimate of drug-likeness (QED) is 0.368. The van der Waals surface area contributed by atoms with Crippen LogP contribution in [0.2, 0.25) is 0 Å². The minimum atomic E-state index is -0.934. The van der Waals surface area contributed by atoms with E-state index in [0.29, 0.717) is 31.5 Å². The lowest BCUT2D eigenvalue weighted by Crippen LogP contribution is -2.14. The Kier molecular flexibility index (Phi) is 8.72. The third-order valence-corrected chi connectivity index (χ3v) is 3.52. The van der Waals surface area contributed by atoms with Crippen molar-refractivity contribution in [1.82, 2.24) is 9.55 Å². The fourth-order valence-electron chi connectivity index (χ4n) is 1.56. The van der Waals surface area contributed by atoms with E-state index in [0.717, 1.165) is 24.6 Å². The van der Waals surface area contributed by atoms with Gasteiger partial charge in [0.05, 0.1) is 19.0 Å². The Balaban J connectivity index is 2.39. The summed E-state index contributed by atoms with van der Waals surface area (Å²) in [5.41, 5.74) is -0.359. The maximum absolute atomic E-state index is 11.2. The van der Waals surface area contributed by atoms with Crippen LogP contribution in [0.4, 0.5) is 0 Å². The van der Waals surface area contributed by atoms with Gasteiger partial charge in [-0.1, -0.05) is 11.8 Å². The van der Waals surface area contributed by atoms with Gasteiger partial charge in [-0.25, -0.2) is 0 Å². The second kappa shape index (κ2) is 10.4. The molecule has 0 saturated heterocycles. The molecule has 1 rings (SSSR count). The van der Waals surface area contributed by atoms with Crippen molar-refractivity contribution in [2.24, 2.45) is 0 Å². The number of unbranched alkanes of at least 4 members (excludes halogenated alkanes) is 1. The fraction of sp³-hybridized carbons (Fsp3) is 0.615. The third kappa shape index (κ3) is 7.84. The molecule has 0 unspecified atom stereocenters. The zero-order chi connectivity index (χ0) is 15.5. The van der Waals surface area contributed by atoms with E-state index in [9.17, 15) is 9.59 Å². The molecule has 7 nitrogen and oxygen atoms in total. The van der Waals surface area contributed by atoms with Crippen molar-refractivity contribution in [2.75, 3.05) is 32.7 Å². The zero-order valence-electron chi connectivity index (χ0n) is 12.0. The molecule has 0 spiro atoms. The summed E-state index contributed by atoms with van der Waals surface area (Å²) in [6.07, 6.45) is 3.38. The minimum Gasteiger partial charge on any atom is -0.481 e. The number of aliphatic carboxylic acids is 1. The molecule has 1 aromatic heterocycles.